The maximum absolute atomic E-state index is 11.1. The predicted octanol–water partition coefficient (Wildman–Crippen LogP) is 3.70. The lowest BCUT2D eigenvalue weighted by atomic mass is 10.3. The number of nitrogens with zero attached hydrogens (tertiary/aromatic N) is 1. The highest BCUT2D eigenvalue weighted by molar-refractivity contribution is 8.03. The number of carbonyl (C=O) groups is 1. The highest BCUT2D eigenvalue weighted by atomic mass is 35.5. The van der Waals surface area contributed by atoms with E-state index in [9.17, 15) is 4.79 Å². The Kier molecular flexibility index (Phi) is 3.26. The van der Waals surface area contributed by atoms with Crippen molar-refractivity contribution in [2.75, 3.05) is 11.4 Å². The minimum atomic E-state index is 0.0693. The molecule has 84 valence electrons. The molecule has 0 unspecified atom stereocenters. The first-order valence-electron chi connectivity index (χ1n) is 5.09. The van der Waals surface area contributed by atoms with Crippen LogP contribution in [0.5, 0.6) is 0 Å². The molecule has 0 N–H and O–H groups in total. The van der Waals surface area contributed by atoms with E-state index >= 15 is 0 Å². The molecule has 1 aromatic rings. The van der Waals surface area contributed by atoms with Gasteiger partial charge in [0, 0.05) is 22.5 Å². The van der Waals surface area contributed by atoms with Gasteiger partial charge < -0.3 is 4.90 Å². The van der Waals surface area contributed by atoms with Gasteiger partial charge in [-0.05, 0) is 32.0 Å². The van der Waals surface area contributed by atoms with Gasteiger partial charge in [-0.1, -0.05) is 23.4 Å². The number of anilines is 1. The summed E-state index contributed by atoms with van der Waals surface area (Å²) < 4.78 is 0. The number of hydrogen-bond donors (Lipinski definition) is 0. The molecule has 1 heterocycles. The number of hydrogen-bond acceptors (Lipinski definition) is 3. The third-order valence-electron chi connectivity index (χ3n) is 2.34. The summed E-state index contributed by atoms with van der Waals surface area (Å²) >= 11 is 7.59. The van der Waals surface area contributed by atoms with Crippen molar-refractivity contribution in [2.24, 2.45) is 0 Å². The Bertz CT molecular complexity index is 470. The van der Waals surface area contributed by atoms with Crippen molar-refractivity contribution >= 4 is 34.8 Å². The Hall–Kier alpha value is -0.930. The molecule has 0 aliphatic carbocycles. The predicted molar refractivity (Wildman–Crippen MR) is 69.1 cm³/mol. The molecule has 0 atom stereocenters. The second kappa shape index (κ2) is 4.52. The van der Waals surface area contributed by atoms with Gasteiger partial charge in [0.1, 0.15) is 0 Å². The van der Waals surface area contributed by atoms with Crippen LogP contribution in [0, 0.1) is 0 Å². The summed E-state index contributed by atoms with van der Waals surface area (Å²) in [6, 6.07) is 5.80. The molecule has 0 amide bonds. The Morgan fingerprint density at radius 2 is 2.31 bits per heavy atom. The summed E-state index contributed by atoms with van der Waals surface area (Å²) in [4.78, 5) is 14.4. The fourth-order valence-corrected chi connectivity index (χ4v) is 3.05. The zero-order chi connectivity index (χ0) is 11.7. The summed E-state index contributed by atoms with van der Waals surface area (Å²) in [7, 11) is 0. The van der Waals surface area contributed by atoms with Crippen LogP contribution < -0.4 is 4.90 Å². The van der Waals surface area contributed by atoms with Crippen LogP contribution in [0.1, 0.15) is 13.8 Å². The van der Waals surface area contributed by atoms with Gasteiger partial charge in [-0.2, -0.15) is 0 Å². The molecule has 0 bridgehead atoms. The molecule has 4 heteroatoms. The molecule has 1 aliphatic rings. The molecule has 0 aromatic heterocycles. The molecule has 1 aromatic carbocycles. The van der Waals surface area contributed by atoms with Gasteiger partial charge >= 0.3 is 0 Å². The number of allylic oxidation sites excluding steroid dienone is 1. The zero-order valence-electron chi connectivity index (χ0n) is 9.16. The lowest BCUT2D eigenvalue weighted by Gasteiger charge is -2.17. The van der Waals surface area contributed by atoms with Crippen molar-refractivity contribution in [3.8, 4) is 0 Å². The highest BCUT2D eigenvalue weighted by Gasteiger charge is 2.24. The summed E-state index contributed by atoms with van der Waals surface area (Å²) in [6.07, 6.45) is 1.67. The zero-order valence-corrected chi connectivity index (χ0v) is 10.7. The third kappa shape index (κ3) is 2.11. The van der Waals surface area contributed by atoms with E-state index in [2.05, 4.69) is 11.8 Å². The van der Waals surface area contributed by atoms with E-state index in [1.165, 1.54) is 0 Å². The summed E-state index contributed by atoms with van der Waals surface area (Å²) in [5.41, 5.74) is 1.09. The minimum Gasteiger partial charge on any atom is -0.335 e. The van der Waals surface area contributed by atoms with E-state index in [0.717, 1.165) is 27.2 Å². The second-order valence-corrected chi connectivity index (χ2v) is 5.05. The van der Waals surface area contributed by atoms with Crippen molar-refractivity contribution in [1.82, 2.24) is 0 Å². The van der Waals surface area contributed by atoms with Gasteiger partial charge in [0.25, 0.3) is 0 Å². The van der Waals surface area contributed by atoms with Crippen LogP contribution in [0.4, 0.5) is 5.69 Å². The Morgan fingerprint density at radius 1 is 1.56 bits per heavy atom. The van der Waals surface area contributed by atoms with Gasteiger partial charge in [-0.3, -0.25) is 4.79 Å². The molecule has 2 nitrogen and oxygen atoms in total. The van der Waals surface area contributed by atoms with Crippen LogP contribution in [-0.2, 0) is 4.79 Å². The molecule has 0 radical (unpaired) electrons. The van der Waals surface area contributed by atoms with E-state index < -0.39 is 0 Å². The molecule has 16 heavy (non-hydrogen) atoms. The Balaban J connectivity index is 2.44. The topological polar surface area (TPSA) is 20.3 Å². The molecule has 2 rings (SSSR count). The first-order chi connectivity index (χ1) is 7.61. The molecule has 0 saturated carbocycles. The second-order valence-electron chi connectivity index (χ2n) is 3.55. The van der Waals surface area contributed by atoms with E-state index in [1.54, 1.807) is 24.8 Å². The van der Waals surface area contributed by atoms with Gasteiger partial charge in [-0.15, -0.1) is 0 Å². The third-order valence-corrected chi connectivity index (χ3v) is 3.68. The smallest absolute Gasteiger partial charge is 0.155 e. The van der Waals surface area contributed by atoms with Crippen LogP contribution >= 0.6 is 23.4 Å². The number of halogens is 1. The number of thioether (sulfide) groups is 1. The standard InChI is InChI=1S/C12H12ClNOS/c1-3-14-10-7-9(13)4-5-11(10)16-12(14)6-8(2)15/h4-7H,3H2,1-2H3/b12-6-. The SMILES string of the molecule is CCN1/C(=C/C(C)=O)Sc2ccc(Cl)cc21. The fourth-order valence-electron chi connectivity index (χ4n) is 1.68. The van der Waals surface area contributed by atoms with Gasteiger partial charge in [0.2, 0.25) is 0 Å². The van der Waals surface area contributed by atoms with Crippen molar-refractivity contribution in [3.63, 3.8) is 0 Å². The number of ketones is 1. The monoisotopic (exact) mass is 253 g/mol. The molecular weight excluding hydrogens is 242 g/mol. The normalized spacial score (nSPS) is 16.7. The lowest BCUT2D eigenvalue weighted by molar-refractivity contribution is -0.112. The van der Waals surface area contributed by atoms with Crippen LogP contribution in [-0.4, -0.2) is 12.3 Å². The fraction of sp³-hybridized carbons (Fsp3) is 0.250. The van der Waals surface area contributed by atoms with E-state index in [4.69, 9.17) is 11.6 Å². The number of carbonyl (C=O) groups excluding carboxylic acids is 1. The first kappa shape index (κ1) is 11.6. The maximum atomic E-state index is 11.1. The molecule has 0 fully saturated rings. The molecule has 0 saturated heterocycles. The number of fused-ring (bicyclic) bond motifs is 1. The molecular formula is C12H12ClNOS. The summed E-state index contributed by atoms with van der Waals surface area (Å²) in [5.74, 6) is 0.0693. The van der Waals surface area contributed by atoms with Gasteiger partial charge in [0.15, 0.2) is 5.78 Å². The summed E-state index contributed by atoms with van der Waals surface area (Å²) in [5, 5.41) is 1.70. The maximum Gasteiger partial charge on any atom is 0.155 e. The van der Waals surface area contributed by atoms with Crippen molar-refractivity contribution in [3.05, 3.63) is 34.3 Å². The van der Waals surface area contributed by atoms with E-state index in [-0.39, 0.29) is 5.78 Å². The van der Waals surface area contributed by atoms with Crippen molar-refractivity contribution in [1.29, 1.82) is 0 Å². The van der Waals surface area contributed by atoms with Crippen LogP contribution in [0.3, 0.4) is 0 Å². The average molecular weight is 254 g/mol. The van der Waals surface area contributed by atoms with Crippen molar-refractivity contribution < 1.29 is 4.79 Å². The summed E-state index contributed by atoms with van der Waals surface area (Å²) in [6.45, 7) is 4.46. The Morgan fingerprint density at radius 3 is 2.94 bits per heavy atom. The number of benzene rings is 1. The first-order valence-corrected chi connectivity index (χ1v) is 6.28. The lowest BCUT2D eigenvalue weighted by Crippen LogP contribution is -2.17. The van der Waals surface area contributed by atoms with Crippen molar-refractivity contribution in [2.45, 2.75) is 18.7 Å². The van der Waals surface area contributed by atoms with Crippen LogP contribution in [0.2, 0.25) is 5.02 Å². The Labute approximate surface area is 104 Å². The van der Waals surface area contributed by atoms with E-state index in [0.29, 0.717) is 0 Å². The quantitative estimate of drug-likeness (QED) is 0.750. The molecule has 1 aliphatic heterocycles. The van der Waals surface area contributed by atoms with Crippen LogP contribution in [0.25, 0.3) is 0 Å². The molecule has 0 spiro atoms. The van der Waals surface area contributed by atoms with Gasteiger partial charge in [-0.25, -0.2) is 0 Å². The van der Waals surface area contributed by atoms with Gasteiger partial charge in [0.05, 0.1) is 10.7 Å². The van der Waals surface area contributed by atoms with E-state index in [1.807, 2.05) is 18.2 Å². The average Bonchev–Trinajstić information content (AvgIpc) is 2.53. The largest absolute Gasteiger partial charge is 0.335 e. The number of rotatable bonds is 2. The highest BCUT2D eigenvalue weighted by Crippen LogP contribution is 2.46. The minimum absolute atomic E-state index is 0.0693. The van der Waals surface area contributed by atoms with Crippen LogP contribution in [0.15, 0.2) is 34.2 Å².